The summed E-state index contributed by atoms with van der Waals surface area (Å²) in [6.07, 6.45) is 2.35. The summed E-state index contributed by atoms with van der Waals surface area (Å²) in [5, 5.41) is 8.79. The molecule has 3 N–H and O–H groups in total. The second-order valence-electron chi connectivity index (χ2n) is 6.16. The first-order chi connectivity index (χ1) is 9.37. The van der Waals surface area contributed by atoms with Gasteiger partial charge in [-0.15, -0.1) is 0 Å². The number of rotatable bonds is 6. The van der Waals surface area contributed by atoms with E-state index < -0.39 is 0 Å². The molecule has 0 bridgehead atoms. The van der Waals surface area contributed by atoms with Crippen LogP contribution in [0.15, 0.2) is 0 Å². The van der Waals surface area contributed by atoms with Crippen molar-refractivity contribution >= 4 is 11.8 Å². The number of carbonyl (C=O) groups is 2. The monoisotopic (exact) mass is 285 g/mol. The van der Waals surface area contributed by atoms with E-state index in [-0.39, 0.29) is 36.5 Å². The zero-order valence-corrected chi connectivity index (χ0v) is 12.8. The van der Waals surface area contributed by atoms with Crippen LogP contribution in [0.25, 0.3) is 0 Å². The second-order valence-corrected chi connectivity index (χ2v) is 6.16. The second kappa shape index (κ2) is 8.21. The molecule has 1 fully saturated rings. The molecule has 1 rings (SSSR count). The molecule has 1 aliphatic heterocycles. The Hall–Kier alpha value is -1.14. The number of nitrogens with one attached hydrogen (secondary N) is 3. The van der Waals surface area contributed by atoms with Crippen LogP contribution in [0.3, 0.4) is 0 Å². The lowest BCUT2D eigenvalue weighted by molar-refractivity contribution is -0.128. The van der Waals surface area contributed by atoms with Crippen molar-refractivity contribution in [3.05, 3.63) is 0 Å². The van der Waals surface area contributed by atoms with Gasteiger partial charge in [-0.2, -0.15) is 0 Å². The molecule has 1 heterocycles. The number of hydrogen-bond donors (Lipinski definition) is 3. The van der Waals surface area contributed by atoms with Gasteiger partial charge < -0.3 is 20.7 Å². The van der Waals surface area contributed by atoms with Crippen LogP contribution in [0.1, 0.15) is 40.0 Å². The maximum Gasteiger partial charge on any atom is 0.246 e. The number of ether oxygens (including phenoxy) is 1. The van der Waals surface area contributed by atoms with Crippen molar-refractivity contribution in [1.82, 2.24) is 16.0 Å². The minimum absolute atomic E-state index is 0.0583. The van der Waals surface area contributed by atoms with Crippen LogP contribution in [0.5, 0.6) is 0 Å². The van der Waals surface area contributed by atoms with Crippen LogP contribution in [-0.4, -0.2) is 49.7 Å². The predicted molar refractivity (Wildman–Crippen MR) is 77.4 cm³/mol. The standard InChI is InChI=1S/C14H27N3O3/c1-14(2,3)17-12(18)6-9-16-13(19)10-20-11-4-7-15-8-5-11/h11,15H,4-10H2,1-3H3,(H,16,19)(H,17,18). The predicted octanol–water partition coefficient (Wildman–Crippen LogP) is 0.176. The molecular weight excluding hydrogens is 258 g/mol. The molecule has 0 aromatic rings. The van der Waals surface area contributed by atoms with Crippen LogP contribution in [0, 0.1) is 0 Å². The van der Waals surface area contributed by atoms with Gasteiger partial charge in [0.2, 0.25) is 11.8 Å². The minimum atomic E-state index is -0.237. The lowest BCUT2D eigenvalue weighted by atomic mass is 10.1. The molecule has 1 saturated heterocycles. The molecule has 0 saturated carbocycles. The zero-order valence-electron chi connectivity index (χ0n) is 12.8. The van der Waals surface area contributed by atoms with Gasteiger partial charge in [0.1, 0.15) is 6.61 Å². The Kier molecular flexibility index (Phi) is 6.95. The quantitative estimate of drug-likeness (QED) is 0.650. The third kappa shape index (κ3) is 8.12. The summed E-state index contributed by atoms with van der Waals surface area (Å²) in [5.41, 5.74) is -0.237. The average molecular weight is 285 g/mol. The first-order valence-electron chi connectivity index (χ1n) is 7.27. The van der Waals surface area contributed by atoms with Crippen LogP contribution >= 0.6 is 0 Å². The Bertz CT molecular complexity index is 320. The van der Waals surface area contributed by atoms with Crippen LogP contribution in [0.2, 0.25) is 0 Å². The van der Waals surface area contributed by atoms with Crippen LogP contribution in [-0.2, 0) is 14.3 Å². The molecule has 0 atom stereocenters. The summed E-state index contributed by atoms with van der Waals surface area (Å²) >= 11 is 0. The third-order valence-electron chi connectivity index (χ3n) is 2.92. The van der Waals surface area contributed by atoms with Gasteiger partial charge in [-0.3, -0.25) is 9.59 Å². The molecule has 6 heteroatoms. The topological polar surface area (TPSA) is 79.5 Å². The number of amides is 2. The molecule has 0 aromatic heterocycles. The van der Waals surface area contributed by atoms with Gasteiger partial charge in [-0.05, 0) is 46.7 Å². The number of hydrogen-bond acceptors (Lipinski definition) is 4. The lowest BCUT2D eigenvalue weighted by Gasteiger charge is -2.22. The fraction of sp³-hybridized carbons (Fsp3) is 0.857. The van der Waals surface area contributed by atoms with E-state index in [0.717, 1.165) is 25.9 Å². The normalized spacial score (nSPS) is 16.8. The number of piperidine rings is 1. The van der Waals surface area contributed by atoms with Gasteiger partial charge in [-0.25, -0.2) is 0 Å². The van der Waals surface area contributed by atoms with Crippen molar-refractivity contribution < 1.29 is 14.3 Å². The van der Waals surface area contributed by atoms with E-state index >= 15 is 0 Å². The summed E-state index contributed by atoms with van der Waals surface area (Å²) in [6.45, 7) is 8.09. The highest BCUT2D eigenvalue weighted by molar-refractivity contribution is 5.79. The summed E-state index contributed by atoms with van der Waals surface area (Å²) < 4.78 is 5.53. The summed E-state index contributed by atoms with van der Waals surface area (Å²) in [6, 6.07) is 0. The van der Waals surface area contributed by atoms with Crippen molar-refractivity contribution in [3.8, 4) is 0 Å². The van der Waals surface area contributed by atoms with Gasteiger partial charge in [0.05, 0.1) is 6.10 Å². The van der Waals surface area contributed by atoms with Crippen molar-refractivity contribution in [2.75, 3.05) is 26.2 Å². The van der Waals surface area contributed by atoms with E-state index in [1.165, 1.54) is 0 Å². The van der Waals surface area contributed by atoms with Gasteiger partial charge in [0.15, 0.2) is 0 Å². The lowest BCUT2D eigenvalue weighted by Crippen LogP contribution is -2.42. The third-order valence-corrected chi connectivity index (χ3v) is 2.92. The van der Waals surface area contributed by atoms with E-state index in [2.05, 4.69) is 16.0 Å². The fourth-order valence-corrected chi connectivity index (χ4v) is 2.00. The van der Waals surface area contributed by atoms with Crippen molar-refractivity contribution in [2.24, 2.45) is 0 Å². The summed E-state index contributed by atoms with van der Waals surface area (Å²) in [7, 11) is 0. The van der Waals surface area contributed by atoms with Gasteiger partial charge in [-0.1, -0.05) is 0 Å². The highest BCUT2D eigenvalue weighted by Crippen LogP contribution is 2.06. The van der Waals surface area contributed by atoms with Gasteiger partial charge in [0, 0.05) is 18.5 Å². The molecule has 0 spiro atoms. The van der Waals surface area contributed by atoms with Gasteiger partial charge >= 0.3 is 0 Å². The molecule has 2 amide bonds. The van der Waals surface area contributed by atoms with E-state index in [4.69, 9.17) is 4.74 Å². The molecular formula is C14H27N3O3. The molecule has 0 unspecified atom stereocenters. The summed E-state index contributed by atoms with van der Waals surface area (Å²) in [4.78, 5) is 23.1. The Morgan fingerprint density at radius 3 is 2.45 bits per heavy atom. The molecule has 1 aliphatic rings. The van der Waals surface area contributed by atoms with E-state index in [1.54, 1.807) is 0 Å². The fourth-order valence-electron chi connectivity index (χ4n) is 2.00. The van der Waals surface area contributed by atoms with Crippen molar-refractivity contribution in [1.29, 1.82) is 0 Å². The summed E-state index contributed by atoms with van der Waals surface area (Å²) in [5.74, 6) is -0.218. The minimum Gasteiger partial charge on any atom is -0.368 e. The van der Waals surface area contributed by atoms with E-state index in [1.807, 2.05) is 20.8 Å². The van der Waals surface area contributed by atoms with Crippen LogP contribution < -0.4 is 16.0 Å². The zero-order chi connectivity index (χ0) is 15.0. The van der Waals surface area contributed by atoms with Crippen LogP contribution in [0.4, 0.5) is 0 Å². The highest BCUT2D eigenvalue weighted by Gasteiger charge is 2.15. The number of carbonyl (C=O) groups excluding carboxylic acids is 2. The first kappa shape index (κ1) is 16.9. The van der Waals surface area contributed by atoms with E-state index in [9.17, 15) is 9.59 Å². The van der Waals surface area contributed by atoms with E-state index in [0.29, 0.717) is 6.54 Å². The maximum atomic E-state index is 11.6. The first-order valence-corrected chi connectivity index (χ1v) is 7.27. The molecule has 116 valence electrons. The van der Waals surface area contributed by atoms with Gasteiger partial charge in [0.25, 0.3) is 0 Å². The SMILES string of the molecule is CC(C)(C)NC(=O)CCNC(=O)COC1CCNCC1. The molecule has 0 aromatic carbocycles. The highest BCUT2D eigenvalue weighted by atomic mass is 16.5. The molecule has 20 heavy (non-hydrogen) atoms. The van der Waals surface area contributed by atoms with Crippen molar-refractivity contribution in [2.45, 2.75) is 51.7 Å². The molecule has 6 nitrogen and oxygen atoms in total. The molecule has 0 radical (unpaired) electrons. The smallest absolute Gasteiger partial charge is 0.246 e. The Morgan fingerprint density at radius 2 is 1.85 bits per heavy atom. The Balaban J connectivity index is 2.06. The largest absolute Gasteiger partial charge is 0.368 e. The van der Waals surface area contributed by atoms with Crippen molar-refractivity contribution in [3.63, 3.8) is 0 Å². The maximum absolute atomic E-state index is 11.6. The Morgan fingerprint density at radius 1 is 1.20 bits per heavy atom. The molecule has 0 aliphatic carbocycles. The average Bonchev–Trinajstić information content (AvgIpc) is 2.35. The Labute approximate surface area is 121 Å².